The molecule has 7 heteroatoms. The summed E-state index contributed by atoms with van der Waals surface area (Å²) in [4.78, 5) is 12.1. The van der Waals surface area contributed by atoms with Gasteiger partial charge in [0.2, 0.25) is 0 Å². The minimum atomic E-state index is -4.19. The lowest BCUT2D eigenvalue weighted by molar-refractivity contribution is -0.183. The lowest BCUT2D eigenvalue weighted by Crippen LogP contribution is -2.41. The van der Waals surface area contributed by atoms with E-state index in [9.17, 15) is 18.0 Å². The Morgan fingerprint density at radius 2 is 2.00 bits per heavy atom. The zero-order chi connectivity index (χ0) is 15.6. The SMILES string of the molecule is O=C(NC1CCCC(C(F)(F)F)C1)c1cc(Cl)cc(Br)c1. The molecule has 0 saturated heterocycles. The first-order chi connectivity index (χ1) is 9.75. The van der Waals surface area contributed by atoms with Crippen molar-refractivity contribution in [1.29, 1.82) is 0 Å². The maximum absolute atomic E-state index is 12.7. The summed E-state index contributed by atoms with van der Waals surface area (Å²) in [5.74, 6) is -1.73. The van der Waals surface area contributed by atoms with E-state index in [4.69, 9.17) is 11.6 Å². The molecule has 2 rings (SSSR count). The van der Waals surface area contributed by atoms with Gasteiger partial charge < -0.3 is 5.32 Å². The Hall–Kier alpha value is -0.750. The number of carbonyl (C=O) groups is 1. The van der Waals surface area contributed by atoms with Gasteiger partial charge in [0.05, 0.1) is 5.92 Å². The second kappa shape index (κ2) is 6.57. The van der Waals surface area contributed by atoms with E-state index < -0.39 is 24.0 Å². The van der Waals surface area contributed by atoms with Crippen LogP contribution in [0.15, 0.2) is 22.7 Å². The van der Waals surface area contributed by atoms with Gasteiger partial charge in [-0.25, -0.2) is 0 Å². The summed E-state index contributed by atoms with van der Waals surface area (Å²) in [5.41, 5.74) is 0.337. The third-order valence-electron chi connectivity index (χ3n) is 3.60. The van der Waals surface area contributed by atoms with Crippen molar-refractivity contribution >= 4 is 33.4 Å². The van der Waals surface area contributed by atoms with Gasteiger partial charge in [0, 0.05) is 21.1 Å². The highest BCUT2D eigenvalue weighted by Crippen LogP contribution is 2.37. The molecule has 2 atom stereocenters. The number of hydrogen-bond donors (Lipinski definition) is 1. The van der Waals surface area contributed by atoms with Gasteiger partial charge in [-0.2, -0.15) is 13.2 Å². The Bertz CT molecular complexity index is 515. The molecule has 0 heterocycles. The van der Waals surface area contributed by atoms with Crippen LogP contribution in [0, 0.1) is 5.92 Å². The fourth-order valence-electron chi connectivity index (χ4n) is 2.57. The number of benzene rings is 1. The molecule has 0 aliphatic heterocycles. The molecule has 1 N–H and O–H groups in total. The van der Waals surface area contributed by atoms with Crippen LogP contribution in [0.5, 0.6) is 0 Å². The summed E-state index contributed by atoms with van der Waals surface area (Å²) < 4.78 is 38.9. The number of hydrogen-bond acceptors (Lipinski definition) is 1. The number of alkyl halides is 3. The molecule has 1 aliphatic rings. The first-order valence-electron chi connectivity index (χ1n) is 6.59. The van der Waals surface area contributed by atoms with Crippen LogP contribution >= 0.6 is 27.5 Å². The zero-order valence-electron chi connectivity index (χ0n) is 11.0. The van der Waals surface area contributed by atoms with E-state index in [1.807, 2.05) is 0 Å². The van der Waals surface area contributed by atoms with Crippen LogP contribution in [-0.4, -0.2) is 18.1 Å². The molecule has 2 nitrogen and oxygen atoms in total. The number of nitrogens with one attached hydrogen (secondary N) is 1. The Kier molecular flexibility index (Phi) is 5.20. The summed E-state index contributed by atoms with van der Waals surface area (Å²) in [6.45, 7) is 0. The van der Waals surface area contributed by atoms with Gasteiger partial charge in [-0.15, -0.1) is 0 Å². The van der Waals surface area contributed by atoms with E-state index >= 15 is 0 Å². The molecule has 0 spiro atoms. The van der Waals surface area contributed by atoms with E-state index in [-0.39, 0.29) is 12.8 Å². The molecule has 116 valence electrons. The summed E-state index contributed by atoms with van der Waals surface area (Å²) in [7, 11) is 0. The predicted octanol–water partition coefficient (Wildman–Crippen LogP) is 4.95. The lowest BCUT2D eigenvalue weighted by Gasteiger charge is -2.31. The molecule has 0 radical (unpaired) electrons. The number of rotatable bonds is 2. The average molecular weight is 385 g/mol. The highest BCUT2D eigenvalue weighted by molar-refractivity contribution is 9.10. The van der Waals surface area contributed by atoms with Crippen LogP contribution in [0.4, 0.5) is 13.2 Å². The van der Waals surface area contributed by atoms with Gasteiger partial charge in [-0.05, 0) is 37.5 Å². The van der Waals surface area contributed by atoms with Crippen molar-refractivity contribution in [3.63, 3.8) is 0 Å². The van der Waals surface area contributed by atoms with Gasteiger partial charge in [-0.3, -0.25) is 4.79 Å². The lowest BCUT2D eigenvalue weighted by atomic mass is 9.85. The Morgan fingerprint density at radius 1 is 1.29 bits per heavy atom. The van der Waals surface area contributed by atoms with Crippen molar-refractivity contribution in [1.82, 2.24) is 5.32 Å². The average Bonchev–Trinajstić information content (AvgIpc) is 2.37. The second-order valence-corrected chi connectivity index (χ2v) is 6.59. The summed E-state index contributed by atoms with van der Waals surface area (Å²) in [6.07, 6.45) is -3.08. The molecule has 1 aromatic rings. The van der Waals surface area contributed by atoms with Gasteiger partial charge in [0.1, 0.15) is 0 Å². The molecule has 1 aliphatic carbocycles. The molecular formula is C14H14BrClF3NO. The molecule has 1 aromatic carbocycles. The van der Waals surface area contributed by atoms with Crippen molar-refractivity contribution in [2.24, 2.45) is 5.92 Å². The van der Waals surface area contributed by atoms with Crippen LogP contribution in [0.3, 0.4) is 0 Å². The molecular weight excluding hydrogens is 371 g/mol. The Labute approximate surface area is 134 Å². The first kappa shape index (κ1) is 16.6. The van der Waals surface area contributed by atoms with Gasteiger partial charge in [0.25, 0.3) is 5.91 Å². The summed E-state index contributed by atoms with van der Waals surface area (Å²) in [5, 5.41) is 3.07. The van der Waals surface area contributed by atoms with E-state index in [0.29, 0.717) is 27.9 Å². The molecule has 1 amide bonds. The van der Waals surface area contributed by atoms with E-state index in [1.54, 1.807) is 12.1 Å². The van der Waals surface area contributed by atoms with E-state index in [1.165, 1.54) is 6.07 Å². The standard InChI is InChI=1S/C14H14BrClF3NO/c15-10-4-8(5-11(16)7-10)13(21)20-12-3-1-2-9(6-12)14(17,18)19/h4-5,7,9,12H,1-3,6H2,(H,20,21). The third kappa shape index (κ3) is 4.61. The van der Waals surface area contributed by atoms with Crippen LogP contribution in [-0.2, 0) is 0 Å². The van der Waals surface area contributed by atoms with E-state index in [0.717, 1.165) is 0 Å². The molecule has 0 aromatic heterocycles. The number of halogens is 5. The van der Waals surface area contributed by atoms with Crippen molar-refractivity contribution in [3.8, 4) is 0 Å². The predicted molar refractivity (Wildman–Crippen MR) is 78.4 cm³/mol. The fraction of sp³-hybridized carbons (Fsp3) is 0.500. The van der Waals surface area contributed by atoms with Gasteiger partial charge >= 0.3 is 6.18 Å². The van der Waals surface area contributed by atoms with Gasteiger partial charge in [-0.1, -0.05) is 34.0 Å². The third-order valence-corrected chi connectivity index (χ3v) is 4.27. The van der Waals surface area contributed by atoms with E-state index in [2.05, 4.69) is 21.2 Å². The van der Waals surface area contributed by atoms with Crippen molar-refractivity contribution < 1.29 is 18.0 Å². The zero-order valence-corrected chi connectivity index (χ0v) is 13.4. The highest BCUT2D eigenvalue weighted by atomic mass is 79.9. The minimum absolute atomic E-state index is 0.0586. The van der Waals surface area contributed by atoms with Crippen LogP contribution in [0.1, 0.15) is 36.0 Å². The smallest absolute Gasteiger partial charge is 0.349 e. The van der Waals surface area contributed by atoms with Crippen LogP contribution in [0.2, 0.25) is 5.02 Å². The quantitative estimate of drug-likeness (QED) is 0.768. The molecule has 1 saturated carbocycles. The summed E-state index contributed by atoms with van der Waals surface area (Å²) >= 11 is 9.09. The Balaban J connectivity index is 2.02. The molecule has 0 bridgehead atoms. The van der Waals surface area contributed by atoms with Crippen molar-refractivity contribution in [2.75, 3.05) is 0 Å². The number of amides is 1. The van der Waals surface area contributed by atoms with Crippen molar-refractivity contribution in [3.05, 3.63) is 33.3 Å². The number of carbonyl (C=O) groups excluding carboxylic acids is 1. The normalized spacial score (nSPS) is 22.9. The molecule has 21 heavy (non-hydrogen) atoms. The monoisotopic (exact) mass is 383 g/mol. The van der Waals surface area contributed by atoms with Gasteiger partial charge in [0.15, 0.2) is 0 Å². The van der Waals surface area contributed by atoms with Crippen LogP contribution in [0.25, 0.3) is 0 Å². The first-order valence-corrected chi connectivity index (χ1v) is 7.76. The second-order valence-electron chi connectivity index (χ2n) is 5.23. The van der Waals surface area contributed by atoms with Crippen LogP contribution < -0.4 is 5.32 Å². The Morgan fingerprint density at radius 3 is 2.62 bits per heavy atom. The minimum Gasteiger partial charge on any atom is -0.349 e. The fourth-order valence-corrected chi connectivity index (χ4v) is 3.43. The summed E-state index contributed by atoms with van der Waals surface area (Å²) in [6, 6.07) is 4.27. The maximum Gasteiger partial charge on any atom is 0.391 e. The van der Waals surface area contributed by atoms with Crippen molar-refractivity contribution in [2.45, 2.75) is 37.9 Å². The maximum atomic E-state index is 12.7. The highest BCUT2D eigenvalue weighted by Gasteiger charge is 2.42. The largest absolute Gasteiger partial charge is 0.391 e. The topological polar surface area (TPSA) is 29.1 Å². The molecule has 2 unspecified atom stereocenters. The molecule has 1 fully saturated rings.